The molecule has 3 aromatic rings. The van der Waals surface area contributed by atoms with Gasteiger partial charge < -0.3 is 10.1 Å². The van der Waals surface area contributed by atoms with Gasteiger partial charge in [-0.05, 0) is 36.8 Å². The Kier molecular flexibility index (Phi) is 4.92. The number of carboxylic acids is 1. The van der Waals surface area contributed by atoms with Crippen LogP contribution in [0.4, 0.5) is 0 Å². The molecule has 27 heavy (non-hydrogen) atoms. The first-order chi connectivity index (χ1) is 13.1. The zero-order valence-electron chi connectivity index (χ0n) is 15.4. The maximum atomic E-state index is 12.1. The van der Waals surface area contributed by atoms with Crippen molar-refractivity contribution in [3.8, 4) is 0 Å². The first-order valence-corrected chi connectivity index (χ1v) is 9.27. The Labute approximate surface area is 158 Å². The monoisotopic (exact) mass is 364 g/mol. The van der Waals surface area contributed by atoms with E-state index in [0.29, 0.717) is 0 Å². The molecule has 0 spiro atoms. The lowest BCUT2D eigenvalue weighted by atomic mass is 10.0. The molecule has 0 aliphatic carbocycles. The van der Waals surface area contributed by atoms with E-state index in [2.05, 4.69) is 25.8 Å². The fourth-order valence-electron chi connectivity index (χ4n) is 3.89. The van der Waals surface area contributed by atoms with Crippen molar-refractivity contribution in [1.29, 1.82) is 0 Å². The topological polar surface area (TPSA) is 72.5 Å². The number of aryl methyl sites for hydroxylation is 1. The number of piperazine rings is 1. The number of aromatic nitrogens is 2. The Balaban J connectivity index is 1.50. The Hall–Kier alpha value is -2.70. The summed E-state index contributed by atoms with van der Waals surface area (Å²) in [7, 11) is 0. The highest BCUT2D eigenvalue weighted by molar-refractivity contribution is 5.89. The van der Waals surface area contributed by atoms with Gasteiger partial charge in [0.15, 0.2) is 0 Å². The molecule has 1 aliphatic heterocycles. The van der Waals surface area contributed by atoms with Gasteiger partial charge in [-0.1, -0.05) is 11.6 Å². The Bertz CT molecular complexity index is 930. The summed E-state index contributed by atoms with van der Waals surface area (Å²) in [5.41, 5.74) is 4.21. The standard InChI is InChI=1S/C21H24N4O2/c1-15-2-3-19-17(12-15)18(13-23-19)20(21(26)27)25-10-8-24(9-11-25)14-16-4-6-22-7-5-16/h2-7,12-13,20,23H,8-11,14H2,1H3,(H,26,27)/t20-/m1/s1. The van der Waals surface area contributed by atoms with Gasteiger partial charge in [-0.3, -0.25) is 19.6 Å². The van der Waals surface area contributed by atoms with Gasteiger partial charge in [-0.15, -0.1) is 0 Å². The lowest BCUT2D eigenvalue weighted by Gasteiger charge is -2.37. The van der Waals surface area contributed by atoms with Crippen LogP contribution in [0.15, 0.2) is 48.9 Å². The van der Waals surface area contributed by atoms with Crippen LogP contribution in [-0.4, -0.2) is 57.0 Å². The number of hydrogen-bond acceptors (Lipinski definition) is 4. The summed E-state index contributed by atoms with van der Waals surface area (Å²) in [6.45, 7) is 6.09. The summed E-state index contributed by atoms with van der Waals surface area (Å²) < 4.78 is 0. The molecule has 3 heterocycles. The van der Waals surface area contributed by atoms with Gasteiger partial charge in [0.25, 0.3) is 0 Å². The first kappa shape index (κ1) is 17.7. The van der Waals surface area contributed by atoms with Crippen LogP contribution in [0.5, 0.6) is 0 Å². The number of aromatic amines is 1. The third-order valence-electron chi connectivity index (χ3n) is 5.33. The smallest absolute Gasteiger partial charge is 0.325 e. The van der Waals surface area contributed by atoms with E-state index in [-0.39, 0.29) is 0 Å². The van der Waals surface area contributed by atoms with E-state index in [9.17, 15) is 9.90 Å². The number of fused-ring (bicyclic) bond motifs is 1. The highest BCUT2D eigenvalue weighted by atomic mass is 16.4. The minimum absolute atomic E-state index is 0.622. The quantitative estimate of drug-likeness (QED) is 0.728. The zero-order chi connectivity index (χ0) is 18.8. The van der Waals surface area contributed by atoms with Crippen molar-refractivity contribution >= 4 is 16.9 Å². The summed E-state index contributed by atoms with van der Waals surface area (Å²) in [4.78, 5) is 23.8. The van der Waals surface area contributed by atoms with Crippen molar-refractivity contribution in [2.75, 3.05) is 26.2 Å². The fraction of sp³-hybridized carbons (Fsp3) is 0.333. The van der Waals surface area contributed by atoms with Crippen LogP contribution in [-0.2, 0) is 11.3 Å². The lowest BCUT2D eigenvalue weighted by Crippen LogP contribution is -2.48. The number of carboxylic acid groups (broad SMARTS) is 1. The van der Waals surface area contributed by atoms with Crippen LogP contribution in [0.3, 0.4) is 0 Å². The van der Waals surface area contributed by atoms with Gasteiger partial charge in [-0.25, -0.2) is 0 Å². The molecular weight excluding hydrogens is 340 g/mol. The van der Waals surface area contributed by atoms with Crippen molar-refractivity contribution in [3.05, 3.63) is 65.6 Å². The molecule has 2 N–H and O–H groups in total. The number of pyridine rings is 1. The molecule has 0 radical (unpaired) electrons. The van der Waals surface area contributed by atoms with Crippen molar-refractivity contribution in [2.24, 2.45) is 0 Å². The van der Waals surface area contributed by atoms with Crippen LogP contribution < -0.4 is 0 Å². The van der Waals surface area contributed by atoms with Crippen molar-refractivity contribution in [3.63, 3.8) is 0 Å². The molecule has 0 bridgehead atoms. The second-order valence-corrected chi connectivity index (χ2v) is 7.20. The van der Waals surface area contributed by atoms with Crippen LogP contribution in [0, 0.1) is 6.92 Å². The van der Waals surface area contributed by atoms with Gasteiger partial charge in [0.05, 0.1) is 0 Å². The van der Waals surface area contributed by atoms with Crippen molar-refractivity contribution in [2.45, 2.75) is 19.5 Å². The average Bonchev–Trinajstić information content (AvgIpc) is 3.07. The number of nitrogens with zero attached hydrogens (tertiary/aromatic N) is 3. The summed E-state index contributed by atoms with van der Waals surface area (Å²) in [6, 6.07) is 9.55. The SMILES string of the molecule is Cc1ccc2[nH]cc([C@H](C(=O)O)N3CCN(Cc4ccncc4)CC3)c2c1. The molecule has 1 fully saturated rings. The highest BCUT2D eigenvalue weighted by Gasteiger charge is 2.32. The molecule has 1 atom stereocenters. The molecule has 0 saturated carbocycles. The van der Waals surface area contributed by atoms with Gasteiger partial charge in [0.1, 0.15) is 6.04 Å². The predicted molar refractivity (Wildman–Crippen MR) is 104 cm³/mol. The normalized spacial score (nSPS) is 17.2. The first-order valence-electron chi connectivity index (χ1n) is 9.27. The maximum Gasteiger partial charge on any atom is 0.325 e. The molecule has 0 amide bonds. The van der Waals surface area contributed by atoms with Crippen LogP contribution >= 0.6 is 0 Å². The molecule has 4 rings (SSSR count). The minimum Gasteiger partial charge on any atom is -0.480 e. The number of rotatable bonds is 5. The maximum absolute atomic E-state index is 12.1. The summed E-state index contributed by atoms with van der Waals surface area (Å²) in [5, 5.41) is 11.0. The molecule has 1 aromatic carbocycles. The summed E-state index contributed by atoms with van der Waals surface area (Å²) in [5.74, 6) is -0.792. The van der Waals surface area contributed by atoms with Crippen LogP contribution in [0.1, 0.15) is 22.7 Å². The van der Waals surface area contributed by atoms with E-state index in [1.54, 1.807) is 0 Å². The fourth-order valence-corrected chi connectivity index (χ4v) is 3.89. The third kappa shape index (κ3) is 3.72. The molecule has 1 saturated heterocycles. The molecule has 6 nitrogen and oxygen atoms in total. The summed E-state index contributed by atoms with van der Waals surface area (Å²) in [6.07, 6.45) is 5.47. The Morgan fingerprint density at radius 3 is 2.63 bits per heavy atom. The number of nitrogens with one attached hydrogen (secondary N) is 1. The molecule has 6 heteroatoms. The number of hydrogen-bond donors (Lipinski definition) is 2. The van der Waals surface area contributed by atoms with Crippen LogP contribution in [0.25, 0.3) is 10.9 Å². The van der Waals surface area contributed by atoms with Crippen LogP contribution in [0.2, 0.25) is 0 Å². The third-order valence-corrected chi connectivity index (χ3v) is 5.33. The molecule has 0 unspecified atom stereocenters. The van der Waals surface area contributed by atoms with Crippen molar-refractivity contribution in [1.82, 2.24) is 19.8 Å². The van der Waals surface area contributed by atoms with Gasteiger partial charge in [-0.2, -0.15) is 0 Å². The number of benzene rings is 1. The van der Waals surface area contributed by atoms with E-state index in [4.69, 9.17) is 0 Å². The number of carbonyl (C=O) groups is 1. The zero-order valence-corrected chi connectivity index (χ0v) is 15.4. The average molecular weight is 364 g/mol. The Morgan fingerprint density at radius 2 is 1.93 bits per heavy atom. The number of aliphatic carboxylic acids is 1. The Morgan fingerprint density at radius 1 is 1.19 bits per heavy atom. The number of H-pyrrole nitrogens is 1. The van der Waals surface area contributed by atoms with E-state index < -0.39 is 12.0 Å². The van der Waals surface area contributed by atoms with Gasteiger partial charge in [0.2, 0.25) is 0 Å². The second-order valence-electron chi connectivity index (χ2n) is 7.20. The van der Waals surface area contributed by atoms with Gasteiger partial charge in [0, 0.05) is 67.8 Å². The predicted octanol–water partition coefficient (Wildman–Crippen LogP) is 2.81. The van der Waals surface area contributed by atoms with E-state index >= 15 is 0 Å². The lowest BCUT2D eigenvalue weighted by molar-refractivity contribution is -0.144. The largest absolute Gasteiger partial charge is 0.480 e. The van der Waals surface area contributed by atoms with E-state index in [0.717, 1.165) is 54.8 Å². The van der Waals surface area contributed by atoms with Crippen molar-refractivity contribution < 1.29 is 9.90 Å². The second kappa shape index (κ2) is 7.50. The molecule has 2 aromatic heterocycles. The van der Waals surface area contributed by atoms with E-state index in [1.165, 1.54) is 5.56 Å². The summed E-state index contributed by atoms with van der Waals surface area (Å²) >= 11 is 0. The highest BCUT2D eigenvalue weighted by Crippen LogP contribution is 2.30. The minimum atomic E-state index is -0.792. The van der Waals surface area contributed by atoms with E-state index in [1.807, 2.05) is 49.8 Å². The molecule has 140 valence electrons. The van der Waals surface area contributed by atoms with Gasteiger partial charge >= 0.3 is 5.97 Å². The molecular formula is C21H24N4O2. The molecule has 1 aliphatic rings.